The number of halogens is 1. The molecule has 0 saturated carbocycles. The molecule has 2 amide bonds. The third-order valence-electron chi connectivity index (χ3n) is 3.75. The molecule has 0 aromatic heterocycles. The van der Waals surface area contributed by atoms with E-state index in [1.54, 1.807) is 25.3 Å². The second kappa shape index (κ2) is 9.57. The highest BCUT2D eigenvalue weighted by Crippen LogP contribution is 2.22. The highest BCUT2D eigenvalue weighted by Gasteiger charge is 2.18. The van der Waals surface area contributed by atoms with Gasteiger partial charge in [-0.05, 0) is 35.9 Å². The fourth-order valence-electron chi connectivity index (χ4n) is 2.34. The fourth-order valence-corrected chi connectivity index (χ4v) is 2.51. The van der Waals surface area contributed by atoms with Crippen molar-refractivity contribution in [3.05, 3.63) is 58.6 Å². The average Bonchev–Trinajstić information content (AvgIpc) is 2.68. The number of rotatable bonds is 6. The number of carbonyl (C=O) groups excluding carboxylic acids is 2. The number of nitrogens with one attached hydrogen (secondary N) is 2. The first kappa shape index (κ1) is 20.2. The molecule has 140 valence electrons. The van der Waals surface area contributed by atoms with E-state index in [9.17, 15) is 9.59 Å². The highest BCUT2D eigenvalue weighted by atomic mass is 35.5. The number of hydrogen-bond acceptors (Lipinski definition) is 5. The lowest BCUT2D eigenvalue weighted by Crippen LogP contribution is -2.38. The van der Waals surface area contributed by atoms with Crippen molar-refractivity contribution in [2.75, 3.05) is 26.1 Å². The van der Waals surface area contributed by atoms with Gasteiger partial charge in [-0.15, -0.1) is 0 Å². The minimum Gasteiger partial charge on any atom is -0.497 e. The van der Waals surface area contributed by atoms with Crippen molar-refractivity contribution in [2.45, 2.75) is 6.10 Å². The summed E-state index contributed by atoms with van der Waals surface area (Å²) in [6.45, 7) is 0.0799. The lowest BCUT2D eigenvalue weighted by molar-refractivity contribution is -0.136. The first-order valence-corrected chi connectivity index (χ1v) is 8.32. The fraction of sp³-hybridized carbons (Fsp3) is 0.211. The monoisotopic (exact) mass is 387 g/mol. The molecule has 2 N–H and O–H groups in total. The smallest absolute Gasteiger partial charge is 0.313 e. The van der Waals surface area contributed by atoms with Crippen LogP contribution >= 0.6 is 11.6 Å². The van der Waals surface area contributed by atoms with Gasteiger partial charge in [-0.1, -0.05) is 23.7 Å². The summed E-state index contributed by atoms with van der Waals surface area (Å²) < 4.78 is 10.5. The quantitative estimate of drug-likeness (QED) is 0.742. The molecular weight excluding hydrogens is 370 g/mol. The maximum absolute atomic E-state index is 12.1. The van der Waals surface area contributed by atoms with E-state index in [4.69, 9.17) is 26.3 Å². The molecule has 7 nitrogen and oxygen atoms in total. The number of amides is 2. The van der Waals surface area contributed by atoms with Crippen LogP contribution in [-0.4, -0.2) is 32.6 Å². The third kappa shape index (κ3) is 5.45. The molecule has 1 unspecified atom stereocenters. The van der Waals surface area contributed by atoms with E-state index in [0.717, 1.165) is 5.56 Å². The Morgan fingerprint density at radius 2 is 1.96 bits per heavy atom. The molecule has 8 heteroatoms. The zero-order valence-corrected chi connectivity index (χ0v) is 15.5. The Kier molecular flexibility index (Phi) is 7.17. The molecule has 2 aromatic rings. The van der Waals surface area contributed by atoms with Crippen LogP contribution in [0, 0.1) is 11.3 Å². The Morgan fingerprint density at radius 3 is 2.63 bits per heavy atom. The van der Waals surface area contributed by atoms with Gasteiger partial charge in [-0.25, -0.2) is 0 Å². The minimum absolute atomic E-state index is 0.0799. The van der Waals surface area contributed by atoms with Crippen LogP contribution in [0.1, 0.15) is 17.2 Å². The molecule has 0 aliphatic heterocycles. The van der Waals surface area contributed by atoms with Gasteiger partial charge in [-0.2, -0.15) is 5.26 Å². The Balaban J connectivity index is 2.00. The van der Waals surface area contributed by atoms with Crippen molar-refractivity contribution in [1.82, 2.24) is 5.32 Å². The van der Waals surface area contributed by atoms with Crippen LogP contribution in [0.25, 0.3) is 0 Å². The van der Waals surface area contributed by atoms with Crippen LogP contribution in [0.4, 0.5) is 5.69 Å². The first-order chi connectivity index (χ1) is 13.0. The zero-order chi connectivity index (χ0) is 19.8. The SMILES string of the molecule is COc1cccc(C(CNC(=O)C(=O)Nc2cc(Cl)ccc2C#N)OC)c1. The molecule has 0 saturated heterocycles. The van der Waals surface area contributed by atoms with E-state index in [-0.39, 0.29) is 17.8 Å². The summed E-state index contributed by atoms with van der Waals surface area (Å²) in [6.07, 6.45) is -0.460. The number of methoxy groups -OCH3 is 2. The van der Waals surface area contributed by atoms with Gasteiger partial charge in [0.1, 0.15) is 11.8 Å². The van der Waals surface area contributed by atoms with E-state index in [1.807, 2.05) is 12.1 Å². The van der Waals surface area contributed by atoms with Gasteiger partial charge in [0.05, 0.1) is 24.5 Å². The summed E-state index contributed by atoms with van der Waals surface area (Å²) in [7, 11) is 3.06. The second-order valence-electron chi connectivity index (χ2n) is 5.47. The summed E-state index contributed by atoms with van der Waals surface area (Å²) >= 11 is 5.86. The molecule has 1 atom stereocenters. The van der Waals surface area contributed by atoms with Crippen molar-refractivity contribution >= 4 is 29.1 Å². The summed E-state index contributed by atoms with van der Waals surface area (Å²) in [5.74, 6) is -1.11. The van der Waals surface area contributed by atoms with Crippen molar-refractivity contribution in [2.24, 2.45) is 0 Å². The van der Waals surface area contributed by atoms with Crippen LogP contribution in [0.5, 0.6) is 5.75 Å². The zero-order valence-electron chi connectivity index (χ0n) is 14.8. The molecule has 0 radical (unpaired) electrons. The van der Waals surface area contributed by atoms with E-state index in [2.05, 4.69) is 10.6 Å². The molecule has 0 aliphatic carbocycles. The normalized spacial score (nSPS) is 11.2. The van der Waals surface area contributed by atoms with Gasteiger partial charge in [-0.3, -0.25) is 9.59 Å². The topological polar surface area (TPSA) is 100 Å². The standard InChI is InChI=1S/C19H18ClN3O4/c1-26-15-5-3-4-12(8-15)17(27-2)11-22-18(24)19(25)23-16-9-14(20)7-6-13(16)10-21/h3-9,17H,11H2,1-2H3,(H,22,24)(H,23,25). The summed E-state index contributed by atoms with van der Waals surface area (Å²) in [5.41, 5.74) is 1.16. The van der Waals surface area contributed by atoms with Crippen molar-refractivity contribution < 1.29 is 19.1 Å². The number of nitriles is 1. The van der Waals surface area contributed by atoms with Crippen LogP contribution in [0.2, 0.25) is 5.02 Å². The highest BCUT2D eigenvalue weighted by molar-refractivity contribution is 6.40. The molecule has 2 aromatic carbocycles. The molecule has 0 bridgehead atoms. The minimum atomic E-state index is -0.908. The van der Waals surface area contributed by atoms with Gasteiger partial charge in [0, 0.05) is 18.7 Å². The van der Waals surface area contributed by atoms with E-state index in [0.29, 0.717) is 10.8 Å². The lowest BCUT2D eigenvalue weighted by atomic mass is 10.1. The summed E-state index contributed by atoms with van der Waals surface area (Å²) in [4.78, 5) is 24.2. The second-order valence-corrected chi connectivity index (χ2v) is 5.90. The maximum atomic E-state index is 12.1. The predicted octanol–water partition coefficient (Wildman–Crippen LogP) is 2.66. The average molecular weight is 388 g/mol. The number of carbonyl (C=O) groups is 2. The van der Waals surface area contributed by atoms with Gasteiger partial charge < -0.3 is 20.1 Å². The largest absolute Gasteiger partial charge is 0.497 e. The van der Waals surface area contributed by atoms with Gasteiger partial charge in [0.15, 0.2) is 0 Å². The number of nitrogens with zero attached hydrogens (tertiary/aromatic N) is 1. The number of hydrogen-bond donors (Lipinski definition) is 2. The van der Waals surface area contributed by atoms with E-state index < -0.39 is 17.9 Å². The van der Waals surface area contributed by atoms with Crippen molar-refractivity contribution in [3.63, 3.8) is 0 Å². The third-order valence-corrected chi connectivity index (χ3v) is 3.99. The van der Waals surface area contributed by atoms with Crippen LogP contribution in [-0.2, 0) is 14.3 Å². The maximum Gasteiger partial charge on any atom is 0.313 e. The molecule has 27 heavy (non-hydrogen) atoms. The number of ether oxygens (including phenoxy) is 2. The number of benzene rings is 2. The summed E-state index contributed by atoms with van der Waals surface area (Å²) in [5, 5.41) is 14.3. The molecule has 0 fully saturated rings. The van der Waals surface area contributed by atoms with E-state index >= 15 is 0 Å². The predicted molar refractivity (Wildman–Crippen MR) is 101 cm³/mol. The van der Waals surface area contributed by atoms with Crippen molar-refractivity contribution in [3.8, 4) is 11.8 Å². The van der Waals surface area contributed by atoms with Crippen LogP contribution in [0.15, 0.2) is 42.5 Å². The Labute approximate surface area is 161 Å². The van der Waals surface area contributed by atoms with Crippen LogP contribution < -0.4 is 15.4 Å². The van der Waals surface area contributed by atoms with Gasteiger partial charge in [0.2, 0.25) is 0 Å². The number of anilines is 1. The van der Waals surface area contributed by atoms with Crippen molar-refractivity contribution in [1.29, 1.82) is 5.26 Å². The Morgan fingerprint density at radius 1 is 1.19 bits per heavy atom. The van der Waals surface area contributed by atoms with E-state index in [1.165, 1.54) is 25.3 Å². The van der Waals surface area contributed by atoms with Crippen LogP contribution in [0.3, 0.4) is 0 Å². The molecule has 2 rings (SSSR count). The van der Waals surface area contributed by atoms with Gasteiger partial charge in [0.25, 0.3) is 0 Å². The first-order valence-electron chi connectivity index (χ1n) is 7.94. The molecular formula is C19H18ClN3O4. The molecule has 0 aliphatic rings. The lowest BCUT2D eigenvalue weighted by Gasteiger charge is -2.17. The molecule has 0 spiro atoms. The summed E-state index contributed by atoms with van der Waals surface area (Å²) in [6, 6.07) is 13.5. The van der Waals surface area contributed by atoms with Gasteiger partial charge >= 0.3 is 11.8 Å². The Bertz CT molecular complexity index is 879. The molecule has 0 heterocycles. The Hall–Kier alpha value is -3.08.